The number of anilines is 1. The highest BCUT2D eigenvalue weighted by molar-refractivity contribution is 6.01. The number of carbonyl (C=O) groups excluding carboxylic acids is 1. The average molecular weight is 444 g/mol. The number of rotatable bonds is 5. The molecule has 3 aliphatic heterocycles. The van der Waals surface area contributed by atoms with E-state index in [1.807, 2.05) is 65.6 Å². The van der Waals surface area contributed by atoms with E-state index in [4.69, 9.17) is 19.2 Å². The molecule has 0 N–H and O–H groups in total. The molecule has 4 heterocycles. The SMILES string of the molecule is O=C1c2cc(N3CCOCC3)nc(-c3ccccc3Oc3ccccc3)c2CN1C1COC1. The number of hydrogen-bond donors (Lipinski definition) is 0. The van der Waals surface area contributed by atoms with Crippen LogP contribution >= 0.6 is 0 Å². The first kappa shape index (κ1) is 20.2. The molecule has 0 atom stereocenters. The summed E-state index contributed by atoms with van der Waals surface area (Å²) < 4.78 is 17.1. The lowest BCUT2D eigenvalue weighted by Crippen LogP contribution is -2.48. The molecule has 2 aromatic carbocycles. The Kier molecular flexibility index (Phi) is 5.20. The molecule has 0 bridgehead atoms. The topological polar surface area (TPSA) is 64.1 Å². The number of morpholine rings is 1. The van der Waals surface area contributed by atoms with E-state index in [0.29, 0.717) is 33.0 Å². The maximum absolute atomic E-state index is 13.4. The van der Waals surface area contributed by atoms with Crippen molar-refractivity contribution in [2.75, 3.05) is 44.4 Å². The molecule has 0 aliphatic carbocycles. The minimum absolute atomic E-state index is 0.0536. The predicted octanol–water partition coefficient (Wildman–Crippen LogP) is 3.73. The molecule has 2 fully saturated rings. The van der Waals surface area contributed by atoms with E-state index in [1.165, 1.54) is 0 Å². The van der Waals surface area contributed by atoms with Gasteiger partial charge in [-0.3, -0.25) is 4.79 Å². The maximum atomic E-state index is 13.4. The Morgan fingerprint density at radius 3 is 2.42 bits per heavy atom. The van der Waals surface area contributed by atoms with Crippen LogP contribution < -0.4 is 9.64 Å². The molecule has 2 saturated heterocycles. The summed E-state index contributed by atoms with van der Waals surface area (Å²) in [6.45, 7) is 4.53. The minimum Gasteiger partial charge on any atom is -0.457 e. The van der Waals surface area contributed by atoms with Crippen molar-refractivity contribution < 1.29 is 19.0 Å². The monoisotopic (exact) mass is 443 g/mol. The van der Waals surface area contributed by atoms with Crippen molar-refractivity contribution in [1.82, 2.24) is 9.88 Å². The Bertz CT molecular complexity index is 1170. The van der Waals surface area contributed by atoms with Gasteiger partial charge in [-0.25, -0.2) is 4.98 Å². The van der Waals surface area contributed by atoms with Gasteiger partial charge in [-0.05, 0) is 30.3 Å². The zero-order valence-corrected chi connectivity index (χ0v) is 18.3. The van der Waals surface area contributed by atoms with E-state index in [0.717, 1.165) is 52.8 Å². The van der Waals surface area contributed by atoms with E-state index in [-0.39, 0.29) is 11.9 Å². The molecule has 33 heavy (non-hydrogen) atoms. The van der Waals surface area contributed by atoms with Crippen LogP contribution in [0.5, 0.6) is 11.5 Å². The minimum atomic E-state index is 0.0536. The number of carbonyl (C=O) groups is 1. The van der Waals surface area contributed by atoms with Crippen molar-refractivity contribution in [2.45, 2.75) is 12.6 Å². The van der Waals surface area contributed by atoms with Gasteiger partial charge in [0.15, 0.2) is 0 Å². The number of benzene rings is 2. The first-order chi connectivity index (χ1) is 16.3. The Hall–Kier alpha value is -3.42. The van der Waals surface area contributed by atoms with Gasteiger partial charge < -0.3 is 24.0 Å². The fourth-order valence-electron chi connectivity index (χ4n) is 4.55. The molecular formula is C26H25N3O4. The van der Waals surface area contributed by atoms with Crippen LogP contribution in [-0.2, 0) is 16.0 Å². The lowest BCUT2D eigenvalue weighted by molar-refractivity contribution is -0.0540. The molecule has 1 aromatic heterocycles. The molecule has 6 rings (SSSR count). The second kappa shape index (κ2) is 8.50. The molecular weight excluding hydrogens is 418 g/mol. The Labute approximate surface area is 192 Å². The molecule has 7 nitrogen and oxygen atoms in total. The summed E-state index contributed by atoms with van der Waals surface area (Å²) >= 11 is 0. The first-order valence-electron chi connectivity index (χ1n) is 11.4. The van der Waals surface area contributed by atoms with Gasteiger partial charge in [0, 0.05) is 30.8 Å². The number of hydrogen-bond acceptors (Lipinski definition) is 6. The number of pyridine rings is 1. The highest BCUT2D eigenvalue weighted by Crippen LogP contribution is 2.40. The van der Waals surface area contributed by atoms with Crippen LogP contribution in [0, 0.1) is 0 Å². The number of amides is 1. The lowest BCUT2D eigenvalue weighted by Gasteiger charge is -2.34. The summed E-state index contributed by atoms with van der Waals surface area (Å²) in [7, 11) is 0. The number of para-hydroxylation sites is 2. The summed E-state index contributed by atoms with van der Waals surface area (Å²) in [6.07, 6.45) is 0. The fourth-order valence-corrected chi connectivity index (χ4v) is 4.55. The zero-order chi connectivity index (χ0) is 22.2. The maximum Gasteiger partial charge on any atom is 0.255 e. The third-order valence-electron chi connectivity index (χ3n) is 6.44. The molecule has 3 aliphatic rings. The van der Waals surface area contributed by atoms with Gasteiger partial charge in [0.2, 0.25) is 0 Å². The van der Waals surface area contributed by atoms with E-state index in [2.05, 4.69) is 4.90 Å². The number of aromatic nitrogens is 1. The fraction of sp³-hybridized carbons (Fsp3) is 0.308. The number of ether oxygens (including phenoxy) is 3. The van der Waals surface area contributed by atoms with Crippen molar-refractivity contribution in [3.05, 3.63) is 71.8 Å². The quantitative estimate of drug-likeness (QED) is 0.599. The van der Waals surface area contributed by atoms with Crippen LogP contribution in [0.25, 0.3) is 11.3 Å². The highest BCUT2D eigenvalue weighted by Gasteiger charge is 2.39. The largest absolute Gasteiger partial charge is 0.457 e. The van der Waals surface area contributed by atoms with Crippen molar-refractivity contribution in [3.8, 4) is 22.8 Å². The summed E-state index contributed by atoms with van der Waals surface area (Å²) in [5, 5.41) is 0. The smallest absolute Gasteiger partial charge is 0.255 e. The second-order valence-corrected chi connectivity index (χ2v) is 8.49. The Morgan fingerprint density at radius 2 is 1.67 bits per heavy atom. The molecule has 168 valence electrons. The molecule has 7 heteroatoms. The van der Waals surface area contributed by atoms with Crippen LogP contribution in [0.4, 0.5) is 5.82 Å². The van der Waals surface area contributed by atoms with E-state index in [1.54, 1.807) is 0 Å². The van der Waals surface area contributed by atoms with Crippen molar-refractivity contribution in [3.63, 3.8) is 0 Å². The molecule has 0 radical (unpaired) electrons. The molecule has 0 spiro atoms. The average Bonchev–Trinajstić information content (AvgIpc) is 3.15. The van der Waals surface area contributed by atoms with E-state index >= 15 is 0 Å². The van der Waals surface area contributed by atoms with Gasteiger partial charge >= 0.3 is 0 Å². The van der Waals surface area contributed by atoms with Gasteiger partial charge in [-0.1, -0.05) is 30.3 Å². The first-order valence-corrected chi connectivity index (χ1v) is 11.4. The summed E-state index contributed by atoms with van der Waals surface area (Å²) in [6, 6.07) is 19.7. The third-order valence-corrected chi connectivity index (χ3v) is 6.44. The van der Waals surface area contributed by atoms with E-state index in [9.17, 15) is 4.79 Å². The van der Waals surface area contributed by atoms with Crippen LogP contribution in [0.2, 0.25) is 0 Å². The Balaban J connectivity index is 1.46. The predicted molar refractivity (Wildman–Crippen MR) is 124 cm³/mol. The zero-order valence-electron chi connectivity index (χ0n) is 18.3. The molecule has 3 aromatic rings. The summed E-state index contributed by atoms with van der Waals surface area (Å²) in [4.78, 5) is 22.6. The molecule has 0 saturated carbocycles. The normalized spacial score (nSPS) is 18.2. The van der Waals surface area contributed by atoms with Gasteiger partial charge in [-0.2, -0.15) is 0 Å². The molecule has 1 amide bonds. The van der Waals surface area contributed by atoms with Crippen LogP contribution in [0.3, 0.4) is 0 Å². The highest BCUT2D eigenvalue weighted by atomic mass is 16.5. The van der Waals surface area contributed by atoms with Crippen LogP contribution in [0.15, 0.2) is 60.7 Å². The summed E-state index contributed by atoms with van der Waals surface area (Å²) in [5.74, 6) is 2.34. The van der Waals surface area contributed by atoms with Crippen molar-refractivity contribution in [1.29, 1.82) is 0 Å². The number of fused-ring (bicyclic) bond motifs is 1. The lowest BCUT2D eigenvalue weighted by atomic mass is 10.0. The number of nitrogens with zero attached hydrogens (tertiary/aromatic N) is 3. The second-order valence-electron chi connectivity index (χ2n) is 8.49. The van der Waals surface area contributed by atoms with Gasteiger partial charge in [0.05, 0.1) is 43.7 Å². The molecule has 0 unspecified atom stereocenters. The van der Waals surface area contributed by atoms with Crippen molar-refractivity contribution in [2.24, 2.45) is 0 Å². The van der Waals surface area contributed by atoms with Crippen molar-refractivity contribution >= 4 is 11.7 Å². The van der Waals surface area contributed by atoms with Gasteiger partial charge in [0.1, 0.15) is 17.3 Å². The van der Waals surface area contributed by atoms with Crippen LogP contribution in [-0.4, -0.2) is 61.3 Å². The summed E-state index contributed by atoms with van der Waals surface area (Å²) in [5.41, 5.74) is 3.36. The van der Waals surface area contributed by atoms with E-state index < -0.39 is 0 Å². The van der Waals surface area contributed by atoms with Crippen LogP contribution in [0.1, 0.15) is 15.9 Å². The Morgan fingerprint density at radius 1 is 0.909 bits per heavy atom. The van der Waals surface area contributed by atoms with Gasteiger partial charge in [0.25, 0.3) is 5.91 Å². The van der Waals surface area contributed by atoms with Gasteiger partial charge in [-0.15, -0.1) is 0 Å². The standard InChI is InChI=1S/C26H25N3O4/c30-26-21-14-24(28-10-12-31-13-11-28)27-25(22(21)15-29(26)18-16-32-17-18)20-8-4-5-9-23(20)33-19-6-2-1-3-7-19/h1-9,14,18H,10-13,15-17H2. The third kappa shape index (κ3) is 3.73.